The van der Waals surface area contributed by atoms with Crippen LogP contribution in [0.4, 0.5) is 0 Å². The van der Waals surface area contributed by atoms with Crippen LogP contribution in [0, 0.1) is 0 Å². The second-order valence-corrected chi connectivity index (χ2v) is 5.14. The van der Waals surface area contributed by atoms with Crippen LogP contribution in [0.5, 0.6) is 0 Å². The first-order valence-electron chi connectivity index (χ1n) is 6.86. The average Bonchev–Trinajstić information content (AvgIpc) is 2.38. The molecule has 2 rings (SSSR count). The summed E-state index contributed by atoms with van der Waals surface area (Å²) >= 11 is 0. The van der Waals surface area contributed by atoms with E-state index in [1.165, 1.54) is 0 Å². The molecule has 0 spiro atoms. The fourth-order valence-corrected chi connectivity index (χ4v) is 2.49. The van der Waals surface area contributed by atoms with Crippen LogP contribution in [0.3, 0.4) is 0 Å². The van der Waals surface area contributed by atoms with Crippen molar-refractivity contribution in [3.05, 3.63) is 35.9 Å². The summed E-state index contributed by atoms with van der Waals surface area (Å²) in [6, 6.07) is 9.32. The Kier molecular flexibility index (Phi) is 4.93. The van der Waals surface area contributed by atoms with Gasteiger partial charge in [-0.05, 0) is 26.0 Å². The minimum atomic E-state index is -0.00467. The molecule has 4 heteroatoms. The lowest BCUT2D eigenvalue weighted by Crippen LogP contribution is -2.47. The van der Waals surface area contributed by atoms with Crippen LogP contribution in [-0.2, 0) is 4.74 Å². The Hall–Kier alpha value is -1.39. The second kappa shape index (κ2) is 6.68. The van der Waals surface area contributed by atoms with Gasteiger partial charge in [-0.1, -0.05) is 18.2 Å². The van der Waals surface area contributed by atoms with Crippen molar-refractivity contribution in [2.45, 2.75) is 26.1 Å². The van der Waals surface area contributed by atoms with Gasteiger partial charge in [0.2, 0.25) is 0 Å². The predicted molar refractivity (Wildman–Crippen MR) is 75.2 cm³/mol. The number of hydrogen-bond acceptors (Lipinski definition) is 3. The summed E-state index contributed by atoms with van der Waals surface area (Å²) in [5.74, 6) is -0.00467. The van der Waals surface area contributed by atoms with Gasteiger partial charge in [0.15, 0.2) is 0 Å². The summed E-state index contributed by atoms with van der Waals surface area (Å²) in [6.45, 7) is 7.59. The monoisotopic (exact) mass is 262 g/mol. The van der Waals surface area contributed by atoms with E-state index in [-0.39, 0.29) is 18.1 Å². The minimum absolute atomic E-state index is 0.00467. The average molecular weight is 262 g/mol. The Morgan fingerprint density at radius 2 is 1.89 bits per heavy atom. The van der Waals surface area contributed by atoms with Gasteiger partial charge < -0.3 is 10.1 Å². The standard InChI is InChI=1S/C15H22N2O2/c1-12-10-17(11-13(2)19-12)9-8-16-15(18)14-6-4-3-5-7-14/h3-7,12-13H,8-11H2,1-2H3,(H,16,18)/t12-,13+. The lowest BCUT2D eigenvalue weighted by atomic mass is 10.2. The van der Waals surface area contributed by atoms with Crippen LogP contribution >= 0.6 is 0 Å². The molecule has 1 aromatic rings. The van der Waals surface area contributed by atoms with E-state index in [4.69, 9.17) is 4.74 Å². The SMILES string of the molecule is C[C@@H]1CN(CCNC(=O)c2ccccc2)C[C@H](C)O1. The Balaban J connectivity index is 1.73. The van der Waals surface area contributed by atoms with Gasteiger partial charge in [0, 0.05) is 31.7 Å². The van der Waals surface area contributed by atoms with Gasteiger partial charge in [-0.2, -0.15) is 0 Å². The third-order valence-electron chi connectivity index (χ3n) is 3.24. The summed E-state index contributed by atoms with van der Waals surface area (Å²) in [5, 5.41) is 2.95. The molecule has 0 aromatic heterocycles. The van der Waals surface area contributed by atoms with E-state index in [0.29, 0.717) is 12.1 Å². The lowest BCUT2D eigenvalue weighted by molar-refractivity contribution is -0.0672. The number of morpholine rings is 1. The molecule has 0 radical (unpaired) electrons. The minimum Gasteiger partial charge on any atom is -0.373 e. The molecule has 1 fully saturated rings. The number of hydrogen-bond donors (Lipinski definition) is 1. The van der Waals surface area contributed by atoms with E-state index in [9.17, 15) is 4.79 Å². The Bertz CT molecular complexity index is 398. The van der Waals surface area contributed by atoms with Crippen molar-refractivity contribution in [2.24, 2.45) is 0 Å². The summed E-state index contributed by atoms with van der Waals surface area (Å²) in [7, 11) is 0. The van der Waals surface area contributed by atoms with Crippen molar-refractivity contribution in [1.29, 1.82) is 0 Å². The van der Waals surface area contributed by atoms with Crippen LogP contribution in [0.15, 0.2) is 30.3 Å². The highest BCUT2D eigenvalue weighted by Gasteiger charge is 2.21. The summed E-state index contributed by atoms with van der Waals surface area (Å²) < 4.78 is 5.68. The van der Waals surface area contributed by atoms with Crippen LogP contribution < -0.4 is 5.32 Å². The summed E-state index contributed by atoms with van der Waals surface area (Å²) in [6.07, 6.45) is 0.544. The van der Waals surface area contributed by atoms with Gasteiger partial charge >= 0.3 is 0 Å². The molecule has 0 unspecified atom stereocenters. The molecule has 1 N–H and O–H groups in total. The van der Waals surface area contributed by atoms with E-state index < -0.39 is 0 Å². The molecular formula is C15H22N2O2. The van der Waals surface area contributed by atoms with Gasteiger partial charge in [0.05, 0.1) is 12.2 Å². The number of nitrogens with one attached hydrogen (secondary N) is 1. The number of rotatable bonds is 4. The Morgan fingerprint density at radius 1 is 1.26 bits per heavy atom. The van der Waals surface area contributed by atoms with Gasteiger partial charge in [-0.3, -0.25) is 9.69 Å². The second-order valence-electron chi connectivity index (χ2n) is 5.14. The number of amides is 1. The zero-order valence-electron chi connectivity index (χ0n) is 11.6. The summed E-state index contributed by atoms with van der Waals surface area (Å²) in [5.41, 5.74) is 0.714. The third-order valence-corrected chi connectivity index (χ3v) is 3.24. The largest absolute Gasteiger partial charge is 0.373 e. The van der Waals surface area contributed by atoms with Crippen LogP contribution in [0.25, 0.3) is 0 Å². The number of carbonyl (C=O) groups excluding carboxylic acids is 1. The summed E-state index contributed by atoms with van der Waals surface area (Å²) in [4.78, 5) is 14.2. The molecule has 19 heavy (non-hydrogen) atoms. The molecule has 1 aromatic carbocycles. The molecule has 1 amide bonds. The molecule has 0 saturated carbocycles. The maximum Gasteiger partial charge on any atom is 0.251 e. The normalized spacial score (nSPS) is 24.1. The molecule has 1 saturated heterocycles. The number of carbonyl (C=O) groups is 1. The van der Waals surface area contributed by atoms with Gasteiger partial charge in [0.1, 0.15) is 0 Å². The van der Waals surface area contributed by atoms with E-state index in [1.807, 2.05) is 30.3 Å². The van der Waals surface area contributed by atoms with Crippen molar-refractivity contribution in [1.82, 2.24) is 10.2 Å². The first kappa shape index (κ1) is 14.0. The van der Waals surface area contributed by atoms with Crippen LogP contribution in [0.1, 0.15) is 24.2 Å². The maximum atomic E-state index is 11.9. The van der Waals surface area contributed by atoms with Crippen molar-refractivity contribution in [3.8, 4) is 0 Å². The quantitative estimate of drug-likeness (QED) is 0.894. The van der Waals surface area contributed by atoms with E-state index in [0.717, 1.165) is 19.6 Å². The Morgan fingerprint density at radius 3 is 2.53 bits per heavy atom. The molecule has 104 valence electrons. The topological polar surface area (TPSA) is 41.6 Å². The van der Waals surface area contributed by atoms with E-state index in [2.05, 4.69) is 24.1 Å². The molecule has 1 heterocycles. The third kappa shape index (κ3) is 4.33. The van der Waals surface area contributed by atoms with Crippen LogP contribution in [-0.4, -0.2) is 49.2 Å². The molecule has 1 aliphatic rings. The van der Waals surface area contributed by atoms with Crippen molar-refractivity contribution < 1.29 is 9.53 Å². The molecular weight excluding hydrogens is 240 g/mol. The zero-order chi connectivity index (χ0) is 13.7. The highest BCUT2D eigenvalue weighted by Crippen LogP contribution is 2.09. The first-order chi connectivity index (χ1) is 9.15. The van der Waals surface area contributed by atoms with Gasteiger partial charge in [-0.25, -0.2) is 0 Å². The molecule has 4 nitrogen and oxygen atoms in total. The van der Waals surface area contributed by atoms with Crippen molar-refractivity contribution in [3.63, 3.8) is 0 Å². The lowest BCUT2D eigenvalue weighted by Gasteiger charge is -2.35. The zero-order valence-corrected chi connectivity index (χ0v) is 11.6. The highest BCUT2D eigenvalue weighted by atomic mass is 16.5. The molecule has 1 aliphatic heterocycles. The molecule has 0 bridgehead atoms. The smallest absolute Gasteiger partial charge is 0.251 e. The fourth-order valence-electron chi connectivity index (χ4n) is 2.49. The van der Waals surface area contributed by atoms with Gasteiger partial charge in [-0.15, -0.1) is 0 Å². The van der Waals surface area contributed by atoms with Crippen molar-refractivity contribution in [2.75, 3.05) is 26.2 Å². The fraction of sp³-hybridized carbons (Fsp3) is 0.533. The number of nitrogens with zero attached hydrogens (tertiary/aromatic N) is 1. The first-order valence-corrected chi connectivity index (χ1v) is 6.86. The number of ether oxygens (including phenoxy) is 1. The molecule has 0 aliphatic carbocycles. The van der Waals surface area contributed by atoms with E-state index in [1.54, 1.807) is 0 Å². The van der Waals surface area contributed by atoms with E-state index >= 15 is 0 Å². The molecule has 2 atom stereocenters. The van der Waals surface area contributed by atoms with Crippen molar-refractivity contribution >= 4 is 5.91 Å². The predicted octanol–water partition coefficient (Wildman–Crippen LogP) is 1.53. The van der Waals surface area contributed by atoms with Crippen LogP contribution in [0.2, 0.25) is 0 Å². The van der Waals surface area contributed by atoms with Gasteiger partial charge in [0.25, 0.3) is 5.91 Å². The number of benzene rings is 1. The maximum absolute atomic E-state index is 11.9. The Labute approximate surface area is 114 Å². The highest BCUT2D eigenvalue weighted by molar-refractivity contribution is 5.94.